The van der Waals surface area contributed by atoms with Gasteiger partial charge in [-0.2, -0.15) is 39.5 Å². The number of anilines is 11. The highest BCUT2D eigenvalue weighted by Crippen LogP contribution is 2.42. The number of nitrogens with two attached hydrogens (primary N) is 1. The maximum atomic E-state index is 13.7. The maximum Gasteiger partial charge on any atom is 0.419 e. The quantitative estimate of drug-likeness (QED) is 0.0206. The van der Waals surface area contributed by atoms with Gasteiger partial charge in [0, 0.05) is 111 Å². The number of aromatic nitrogens is 3. The number of para-hydroxylation sites is 3. The van der Waals surface area contributed by atoms with Gasteiger partial charge >= 0.3 is 18.5 Å². The average molecular weight is 1500 g/mol. The van der Waals surface area contributed by atoms with E-state index in [-0.39, 0.29) is 85.3 Å². The van der Waals surface area contributed by atoms with Crippen LogP contribution in [0.15, 0.2) is 164 Å². The van der Waals surface area contributed by atoms with Gasteiger partial charge in [-0.05, 0) is 97.1 Å². The van der Waals surface area contributed by atoms with Gasteiger partial charge in [0.1, 0.15) is 34.0 Å². The molecular weight excluding hydrogens is 1430 g/mol. The first kappa shape index (κ1) is 82.4. The highest BCUT2D eigenvalue weighted by Gasteiger charge is 2.37. The summed E-state index contributed by atoms with van der Waals surface area (Å²) in [5.41, 5.74) is 5.61. The largest absolute Gasteiger partial charge is 0.495 e. The van der Waals surface area contributed by atoms with Crippen LogP contribution in [-0.4, -0.2) is 150 Å². The van der Waals surface area contributed by atoms with Crippen LogP contribution in [-0.2, 0) is 18.5 Å². The van der Waals surface area contributed by atoms with Crippen molar-refractivity contribution in [3.05, 3.63) is 219 Å². The number of rotatable bonds is 19. The van der Waals surface area contributed by atoms with Gasteiger partial charge in [-0.25, -0.2) is 15.0 Å². The van der Waals surface area contributed by atoms with Crippen LogP contribution >= 0.6 is 11.6 Å². The molecule has 6 amide bonds. The molecule has 0 spiro atoms. The predicted octanol–water partition coefficient (Wildman–Crippen LogP) is 14.2. The summed E-state index contributed by atoms with van der Waals surface area (Å²) in [4.78, 5) is 87.7. The number of alkyl halides is 9. The summed E-state index contributed by atoms with van der Waals surface area (Å²) in [6.45, 7) is 0. The Labute approximate surface area is 607 Å². The van der Waals surface area contributed by atoms with Gasteiger partial charge in [0.15, 0.2) is 0 Å². The molecule has 0 atom stereocenters. The molecule has 9 rings (SSSR count). The molecule has 0 aliphatic rings. The smallest absolute Gasteiger partial charge is 0.419 e. The van der Waals surface area contributed by atoms with Crippen molar-refractivity contribution in [3.8, 4) is 17.2 Å². The van der Waals surface area contributed by atoms with Crippen LogP contribution in [0.5, 0.6) is 17.2 Å². The second-order valence-electron chi connectivity index (χ2n) is 22.7. The van der Waals surface area contributed by atoms with E-state index in [2.05, 4.69) is 57.5 Å². The van der Waals surface area contributed by atoms with Crippen molar-refractivity contribution in [2.24, 2.45) is 0 Å². The first-order valence-electron chi connectivity index (χ1n) is 31.1. The molecule has 0 aliphatic carbocycles. The minimum atomic E-state index is -4.69. The molecule has 34 heteroatoms. The second-order valence-corrected chi connectivity index (χ2v) is 23.0. The number of benzene rings is 6. The summed E-state index contributed by atoms with van der Waals surface area (Å²) in [5, 5.41) is 21.1. The highest BCUT2D eigenvalue weighted by molar-refractivity contribution is 6.29. The fourth-order valence-corrected chi connectivity index (χ4v) is 9.58. The number of nitrogens with zero attached hydrogens (tertiary/aromatic N) is 6. The number of methoxy groups -OCH3 is 3. The third kappa shape index (κ3) is 22.0. The van der Waals surface area contributed by atoms with E-state index in [1.54, 1.807) is 121 Å². The lowest BCUT2D eigenvalue weighted by Crippen LogP contribution is -2.21. The van der Waals surface area contributed by atoms with E-state index in [0.29, 0.717) is 69.6 Å². The van der Waals surface area contributed by atoms with Gasteiger partial charge in [-0.15, -0.1) is 0 Å². The van der Waals surface area contributed by atoms with Gasteiger partial charge in [0.25, 0.3) is 35.4 Å². The summed E-state index contributed by atoms with van der Waals surface area (Å²) >= 11 is 5.67. The fourth-order valence-electron chi connectivity index (χ4n) is 9.42. The van der Waals surface area contributed by atoms with Gasteiger partial charge < -0.3 is 77.2 Å². The number of carbonyl (C=O) groups is 6. The SMILES string of the molecule is CNC(=O)c1ccccc1Nc1cc(Cl)ncc1C(F)(F)F.CNC(=O)c1ccccc1Nc1cc(Nc2ccc(C(=O)N(C)C)cc2OC)ncc1C(F)(F)F.CNC(=O)c1ccccc1Nc1cc(Nc2ccc(C(=O)N(C)C)cc2OC)ncc1C(F)(F)F.COc1cc(C(=O)N(C)C)ccc1N. The molecule has 0 bridgehead atoms. The molecule has 24 nitrogen and oxygen atoms in total. The number of hydrogen-bond acceptors (Lipinski definition) is 18. The van der Waals surface area contributed by atoms with Crippen LogP contribution in [0.25, 0.3) is 0 Å². The Hall–Kier alpha value is -12.6. The maximum absolute atomic E-state index is 13.7. The van der Waals surface area contributed by atoms with Crippen LogP contribution in [0.3, 0.4) is 0 Å². The lowest BCUT2D eigenvalue weighted by Gasteiger charge is -2.18. The molecule has 560 valence electrons. The molecule has 0 saturated heterocycles. The first-order chi connectivity index (χ1) is 50.0. The lowest BCUT2D eigenvalue weighted by molar-refractivity contribution is -0.138. The van der Waals surface area contributed by atoms with Crippen LogP contribution in [0.4, 0.5) is 102 Å². The molecule has 0 unspecified atom stereocenters. The van der Waals surface area contributed by atoms with Crippen molar-refractivity contribution in [3.63, 3.8) is 0 Å². The Balaban J connectivity index is 0.000000233. The zero-order valence-electron chi connectivity index (χ0n) is 58.8. The lowest BCUT2D eigenvalue weighted by atomic mass is 10.1. The van der Waals surface area contributed by atoms with E-state index in [1.165, 1.54) is 118 Å². The monoisotopic (exact) mass is 1500 g/mol. The first-order valence-corrected chi connectivity index (χ1v) is 31.5. The molecule has 106 heavy (non-hydrogen) atoms. The van der Waals surface area contributed by atoms with E-state index in [4.69, 9.17) is 31.5 Å². The fraction of sp³-hybridized carbons (Fsp3) is 0.208. The van der Waals surface area contributed by atoms with Crippen molar-refractivity contribution in [1.82, 2.24) is 45.6 Å². The number of nitrogen functional groups attached to an aromatic ring is 1. The minimum Gasteiger partial charge on any atom is -0.495 e. The standard InChI is InChI=1S/2C24H24F3N5O3.C14H11ClF3N3O.C10H14N2O2/c2*1-28-22(33)15-7-5-6-8-17(15)30-19-12-21(29-13-16(19)24(25,26)27)31-18-10-9-14(11-20(18)35-4)23(34)32(2)3;1-19-13(22)8-4-2-3-5-10(8)21-11-6-12(15)20-7-9(11)14(16,17)18;1-12(2)10(13)7-4-5-8(11)9(6-7)14-3/h2*5-13H,1-4H3,(H,28,33)(H2,29,30,31);2-7H,1H3,(H,19,22)(H,20,21);4-6H,11H2,1-3H3. The second kappa shape index (κ2) is 36.5. The third-order valence-electron chi connectivity index (χ3n) is 14.7. The topological polar surface area (TPSA) is 301 Å². The van der Waals surface area contributed by atoms with Gasteiger partial charge in [-0.1, -0.05) is 48.0 Å². The highest BCUT2D eigenvalue weighted by atomic mass is 35.5. The Morgan fingerprint density at radius 2 is 0.670 bits per heavy atom. The molecule has 6 aromatic carbocycles. The summed E-state index contributed by atoms with van der Waals surface area (Å²) in [6.07, 6.45) is -11.9. The zero-order chi connectivity index (χ0) is 78.5. The number of pyridine rings is 3. The van der Waals surface area contributed by atoms with Gasteiger partial charge in [0.2, 0.25) is 0 Å². The molecule has 3 aromatic heterocycles. The predicted molar refractivity (Wildman–Crippen MR) is 386 cm³/mol. The summed E-state index contributed by atoms with van der Waals surface area (Å²) in [7, 11) is 18.5. The minimum absolute atomic E-state index is 0.0664. The van der Waals surface area contributed by atoms with Gasteiger partial charge in [-0.3, -0.25) is 28.8 Å². The molecule has 0 radical (unpaired) electrons. The van der Waals surface area contributed by atoms with E-state index < -0.39 is 52.9 Å². The van der Waals surface area contributed by atoms with Gasteiger partial charge in [0.05, 0.1) is 106 Å². The van der Waals surface area contributed by atoms with Crippen molar-refractivity contribution in [1.29, 1.82) is 0 Å². The van der Waals surface area contributed by atoms with E-state index in [1.807, 2.05) is 0 Å². The molecule has 9 aromatic rings. The third-order valence-corrected chi connectivity index (χ3v) is 14.9. The average Bonchev–Trinajstić information content (AvgIpc) is 0.808. The molecule has 10 N–H and O–H groups in total. The number of nitrogens with one attached hydrogen (secondary N) is 8. The number of halogens is 10. The Kier molecular flexibility index (Phi) is 28.4. The number of ether oxygens (including phenoxy) is 3. The number of amides is 6. The van der Waals surface area contributed by atoms with Crippen molar-refractivity contribution < 1.29 is 82.5 Å². The van der Waals surface area contributed by atoms with E-state index in [9.17, 15) is 68.3 Å². The van der Waals surface area contributed by atoms with E-state index >= 15 is 0 Å². The molecule has 0 fully saturated rings. The molecule has 0 saturated carbocycles. The van der Waals surface area contributed by atoms with Crippen molar-refractivity contribution >= 4 is 110 Å². The van der Waals surface area contributed by atoms with Crippen molar-refractivity contribution in [2.75, 3.05) is 117 Å². The zero-order valence-corrected chi connectivity index (χ0v) is 59.6. The van der Waals surface area contributed by atoms with Crippen LogP contribution in [0.2, 0.25) is 5.15 Å². The normalized spacial score (nSPS) is 10.8. The Morgan fingerprint density at radius 1 is 0.377 bits per heavy atom. The van der Waals surface area contributed by atoms with Crippen LogP contribution in [0, 0.1) is 0 Å². The summed E-state index contributed by atoms with van der Waals surface area (Å²) in [5.74, 6) is -0.550. The Bertz CT molecular complexity index is 4450. The van der Waals surface area contributed by atoms with Crippen LogP contribution in [0.1, 0.15) is 78.8 Å². The van der Waals surface area contributed by atoms with Crippen molar-refractivity contribution in [2.45, 2.75) is 18.5 Å². The number of carbonyl (C=O) groups excluding carboxylic acids is 6. The molecular formula is C72H73ClF9N15O9. The molecule has 3 heterocycles. The summed E-state index contributed by atoms with van der Waals surface area (Å²) in [6, 6.07) is 36.3. The summed E-state index contributed by atoms with van der Waals surface area (Å²) < 4.78 is 137. The molecule has 0 aliphatic heterocycles. The number of hydrogen-bond donors (Lipinski definition) is 9. The van der Waals surface area contributed by atoms with E-state index in [0.717, 1.165) is 6.07 Å². The van der Waals surface area contributed by atoms with Crippen LogP contribution < -0.4 is 62.5 Å². The Morgan fingerprint density at radius 3 is 0.972 bits per heavy atom.